The van der Waals surface area contributed by atoms with E-state index in [0.29, 0.717) is 96.8 Å². The number of hydrogen-bond acceptors (Lipinski definition) is 15. The molecular weight excluding hydrogens is 618 g/mol. The zero-order chi connectivity index (χ0) is 34.4. The standard InChI is InChI=1S/C31H51N5O11/c1-5-45-16-17-46-18-19-47-26-7-6-25(32-21-26)20-27(31(40)41)36-14-12-34(23-29(38)43-3)10-8-33(22-28(37)42-2)9-11-35(13-15-36)24-30(39)44-4/h6-7,21,27H,5,8-20,22-24H2,1-4H3,(H,40,41). The molecule has 1 unspecified atom stereocenters. The van der Waals surface area contributed by atoms with E-state index < -0.39 is 29.9 Å². The van der Waals surface area contributed by atoms with Gasteiger partial charge in [0.15, 0.2) is 0 Å². The van der Waals surface area contributed by atoms with Crippen LogP contribution in [0.5, 0.6) is 5.75 Å². The van der Waals surface area contributed by atoms with Crippen LogP contribution in [0.15, 0.2) is 18.3 Å². The SMILES string of the molecule is CCOCCOCCOc1ccc(CC(C(=O)O)N2CCN(CC(=O)OC)CCN(CC(=O)OC)CCN(CC(=O)OC)CC2)nc1. The van der Waals surface area contributed by atoms with Crippen LogP contribution in [0.3, 0.4) is 0 Å². The van der Waals surface area contributed by atoms with Crippen LogP contribution in [0.4, 0.5) is 0 Å². The van der Waals surface area contributed by atoms with Gasteiger partial charge in [0, 0.05) is 71.1 Å². The molecule has 0 aromatic carbocycles. The van der Waals surface area contributed by atoms with Crippen LogP contribution in [0.25, 0.3) is 0 Å². The molecule has 1 N–H and O–H groups in total. The summed E-state index contributed by atoms with van der Waals surface area (Å²) >= 11 is 0. The number of nitrogens with zero attached hydrogens (tertiary/aromatic N) is 5. The van der Waals surface area contributed by atoms with Gasteiger partial charge in [-0.2, -0.15) is 0 Å². The summed E-state index contributed by atoms with van der Waals surface area (Å²) < 4.78 is 31.0. The van der Waals surface area contributed by atoms with Crippen molar-refractivity contribution >= 4 is 23.9 Å². The van der Waals surface area contributed by atoms with Crippen LogP contribution in [-0.2, 0) is 49.3 Å². The third-order valence-electron chi connectivity index (χ3n) is 7.61. The van der Waals surface area contributed by atoms with Crippen molar-refractivity contribution in [3.8, 4) is 5.75 Å². The first-order chi connectivity index (χ1) is 22.7. The zero-order valence-electron chi connectivity index (χ0n) is 28.1. The number of aliphatic carboxylic acids is 1. The molecule has 2 heterocycles. The van der Waals surface area contributed by atoms with Crippen molar-refractivity contribution in [3.05, 3.63) is 24.0 Å². The summed E-state index contributed by atoms with van der Waals surface area (Å²) in [4.78, 5) is 61.1. The molecule has 0 spiro atoms. The average Bonchev–Trinajstić information content (AvgIpc) is 3.07. The van der Waals surface area contributed by atoms with E-state index >= 15 is 0 Å². The lowest BCUT2D eigenvalue weighted by Gasteiger charge is -2.35. The molecule has 0 bridgehead atoms. The van der Waals surface area contributed by atoms with E-state index in [4.69, 9.17) is 28.4 Å². The molecule has 0 radical (unpaired) electrons. The molecule has 266 valence electrons. The van der Waals surface area contributed by atoms with Gasteiger partial charge in [0.25, 0.3) is 0 Å². The minimum absolute atomic E-state index is 0.00316. The number of rotatable bonds is 18. The van der Waals surface area contributed by atoms with Crippen molar-refractivity contribution in [2.75, 3.05) is 126 Å². The molecule has 16 heteroatoms. The molecule has 1 fully saturated rings. The van der Waals surface area contributed by atoms with Crippen molar-refractivity contribution in [3.63, 3.8) is 0 Å². The molecule has 0 aliphatic carbocycles. The zero-order valence-corrected chi connectivity index (χ0v) is 28.1. The number of aromatic nitrogens is 1. The van der Waals surface area contributed by atoms with E-state index in [2.05, 4.69) is 4.98 Å². The van der Waals surface area contributed by atoms with Gasteiger partial charge >= 0.3 is 23.9 Å². The van der Waals surface area contributed by atoms with Gasteiger partial charge in [-0.25, -0.2) is 0 Å². The number of ether oxygens (including phenoxy) is 6. The lowest BCUT2D eigenvalue weighted by atomic mass is 10.1. The highest BCUT2D eigenvalue weighted by molar-refractivity contribution is 5.74. The first-order valence-corrected chi connectivity index (χ1v) is 15.8. The largest absolute Gasteiger partial charge is 0.490 e. The summed E-state index contributed by atoms with van der Waals surface area (Å²) in [5.74, 6) is -1.73. The summed E-state index contributed by atoms with van der Waals surface area (Å²) in [6.07, 6.45) is 1.68. The van der Waals surface area contributed by atoms with E-state index in [0.717, 1.165) is 0 Å². The Bertz CT molecular complexity index is 1040. The highest BCUT2D eigenvalue weighted by atomic mass is 16.5. The number of pyridine rings is 1. The van der Waals surface area contributed by atoms with Gasteiger partial charge in [0.1, 0.15) is 18.4 Å². The molecule has 16 nitrogen and oxygen atoms in total. The predicted molar refractivity (Wildman–Crippen MR) is 169 cm³/mol. The highest BCUT2D eigenvalue weighted by Gasteiger charge is 2.29. The Kier molecular flexibility index (Phi) is 19.5. The maximum atomic E-state index is 12.7. The summed E-state index contributed by atoms with van der Waals surface area (Å²) in [5, 5.41) is 10.3. The number of methoxy groups -OCH3 is 3. The molecule has 1 aromatic heterocycles. The maximum absolute atomic E-state index is 12.7. The van der Waals surface area contributed by atoms with Gasteiger partial charge < -0.3 is 33.5 Å². The van der Waals surface area contributed by atoms with E-state index in [1.165, 1.54) is 21.3 Å². The number of hydrogen-bond donors (Lipinski definition) is 1. The summed E-state index contributed by atoms with van der Waals surface area (Å²) in [6.45, 7) is 7.36. The number of carboxylic acids is 1. The van der Waals surface area contributed by atoms with Crippen LogP contribution >= 0.6 is 0 Å². The second-order valence-corrected chi connectivity index (χ2v) is 10.8. The normalized spacial score (nSPS) is 16.8. The Labute approximate surface area is 276 Å². The smallest absolute Gasteiger partial charge is 0.321 e. The van der Waals surface area contributed by atoms with Gasteiger partial charge in [0.05, 0.1) is 67.0 Å². The summed E-state index contributed by atoms with van der Waals surface area (Å²) in [5.41, 5.74) is 0.570. The van der Waals surface area contributed by atoms with Crippen LogP contribution < -0.4 is 4.74 Å². The molecule has 2 rings (SSSR count). The predicted octanol–water partition coefficient (Wildman–Crippen LogP) is -0.750. The Morgan fingerprint density at radius 2 is 1.19 bits per heavy atom. The quantitative estimate of drug-likeness (QED) is 0.118. The van der Waals surface area contributed by atoms with Crippen molar-refractivity contribution in [2.45, 2.75) is 19.4 Å². The molecule has 1 aliphatic heterocycles. The van der Waals surface area contributed by atoms with Gasteiger partial charge in [-0.15, -0.1) is 0 Å². The highest BCUT2D eigenvalue weighted by Crippen LogP contribution is 2.14. The van der Waals surface area contributed by atoms with Crippen LogP contribution in [0.2, 0.25) is 0 Å². The minimum atomic E-state index is -1.02. The van der Waals surface area contributed by atoms with Crippen LogP contribution in [0.1, 0.15) is 12.6 Å². The fraction of sp³-hybridized carbons (Fsp3) is 0.710. The van der Waals surface area contributed by atoms with Gasteiger partial charge in [-0.05, 0) is 19.1 Å². The number of carbonyl (C=O) groups is 4. The van der Waals surface area contributed by atoms with Crippen molar-refractivity contribution in [1.82, 2.24) is 24.6 Å². The fourth-order valence-electron chi connectivity index (χ4n) is 4.85. The van der Waals surface area contributed by atoms with Gasteiger partial charge in [-0.3, -0.25) is 43.8 Å². The van der Waals surface area contributed by atoms with E-state index in [1.54, 1.807) is 18.3 Å². The average molecular weight is 670 g/mol. The molecule has 0 saturated carbocycles. The fourth-order valence-corrected chi connectivity index (χ4v) is 4.85. The van der Waals surface area contributed by atoms with Gasteiger partial charge in [-0.1, -0.05) is 0 Å². The Morgan fingerprint density at radius 3 is 1.62 bits per heavy atom. The molecule has 1 aliphatic rings. The molecule has 1 aromatic rings. The lowest BCUT2D eigenvalue weighted by Crippen LogP contribution is -2.52. The van der Waals surface area contributed by atoms with E-state index in [-0.39, 0.29) is 26.1 Å². The van der Waals surface area contributed by atoms with Crippen molar-refractivity contribution in [1.29, 1.82) is 0 Å². The third-order valence-corrected chi connectivity index (χ3v) is 7.61. The first-order valence-electron chi connectivity index (χ1n) is 15.8. The topological polar surface area (TPSA) is 170 Å². The number of esters is 3. The van der Waals surface area contributed by atoms with E-state index in [1.807, 2.05) is 26.5 Å². The molecule has 1 saturated heterocycles. The number of carbonyl (C=O) groups excluding carboxylic acids is 3. The van der Waals surface area contributed by atoms with Crippen molar-refractivity contribution in [2.24, 2.45) is 0 Å². The van der Waals surface area contributed by atoms with Crippen LogP contribution in [-0.4, -0.2) is 186 Å². The maximum Gasteiger partial charge on any atom is 0.321 e. The second-order valence-electron chi connectivity index (χ2n) is 10.8. The third kappa shape index (κ3) is 16.3. The summed E-state index contributed by atoms with van der Waals surface area (Å²) in [6, 6.07) is 2.54. The molecule has 1 atom stereocenters. The van der Waals surface area contributed by atoms with Crippen LogP contribution in [0, 0.1) is 0 Å². The molecule has 47 heavy (non-hydrogen) atoms. The Hall–Kier alpha value is -3.41. The monoisotopic (exact) mass is 669 g/mol. The van der Waals surface area contributed by atoms with Gasteiger partial charge in [0.2, 0.25) is 0 Å². The Balaban J connectivity index is 2.18. The molecular formula is C31H51N5O11. The van der Waals surface area contributed by atoms with Crippen molar-refractivity contribution < 1.29 is 52.7 Å². The van der Waals surface area contributed by atoms with E-state index in [9.17, 15) is 24.3 Å². The first kappa shape index (κ1) is 39.8. The summed E-state index contributed by atoms with van der Waals surface area (Å²) in [7, 11) is 3.94. The minimum Gasteiger partial charge on any atom is -0.490 e. The number of carboxylic acid groups (broad SMARTS) is 1. The Morgan fingerprint density at radius 1 is 0.723 bits per heavy atom. The molecule has 0 amide bonds. The second kappa shape index (κ2) is 23.0. The lowest BCUT2D eigenvalue weighted by molar-refractivity contribution is -0.145.